The van der Waals surface area contributed by atoms with E-state index in [1.807, 2.05) is 12.4 Å². The first-order chi connectivity index (χ1) is 9.07. The highest BCUT2D eigenvalue weighted by atomic mass is 16.5. The normalized spacial score (nSPS) is 16.1. The predicted octanol–water partition coefficient (Wildman–Crippen LogP) is 3.64. The zero-order chi connectivity index (χ0) is 14.3. The van der Waals surface area contributed by atoms with Crippen LogP contribution in [-0.4, -0.2) is 23.7 Å². The molecule has 1 heterocycles. The van der Waals surface area contributed by atoms with Crippen LogP contribution >= 0.6 is 0 Å². The zero-order valence-corrected chi connectivity index (χ0v) is 13.0. The molecule has 19 heavy (non-hydrogen) atoms. The Balaban J connectivity index is 3.05. The molecule has 0 spiro atoms. The highest BCUT2D eigenvalue weighted by Crippen LogP contribution is 2.32. The Morgan fingerprint density at radius 1 is 1.32 bits per heavy atom. The number of nitrogens with zero attached hydrogens (tertiary/aromatic N) is 1. The van der Waals surface area contributed by atoms with Crippen LogP contribution in [0.1, 0.15) is 57.7 Å². The Labute approximate surface area is 117 Å². The summed E-state index contributed by atoms with van der Waals surface area (Å²) in [5.74, 6) is 0. The molecule has 1 N–H and O–H groups in total. The average molecular weight is 264 g/mol. The lowest BCUT2D eigenvalue weighted by molar-refractivity contribution is -0.0563. The summed E-state index contributed by atoms with van der Waals surface area (Å²) in [6.45, 7) is 12.4. The minimum atomic E-state index is -0.195. The lowest BCUT2D eigenvalue weighted by Crippen LogP contribution is -2.44. The Morgan fingerprint density at radius 3 is 2.58 bits per heavy atom. The van der Waals surface area contributed by atoms with Gasteiger partial charge in [0.15, 0.2) is 0 Å². The first-order valence-corrected chi connectivity index (χ1v) is 7.36. The molecule has 2 atom stereocenters. The number of nitrogens with one attached hydrogen (secondary N) is 1. The molecular weight excluding hydrogens is 236 g/mol. The van der Waals surface area contributed by atoms with Crippen molar-refractivity contribution in [2.45, 2.75) is 59.1 Å². The van der Waals surface area contributed by atoms with Crippen LogP contribution in [0.4, 0.5) is 0 Å². The van der Waals surface area contributed by atoms with E-state index >= 15 is 0 Å². The minimum Gasteiger partial charge on any atom is -0.374 e. The van der Waals surface area contributed by atoms with Crippen LogP contribution in [0.5, 0.6) is 0 Å². The maximum Gasteiger partial charge on any atom is 0.0846 e. The summed E-state index contributed by atoms with van der Waals surface area (Å²) < 4.78 is 6.04. The van der Waals surface area contributed by atoms with Crippen LogP contribution in [0.15, 0.2) is 18.5 Å². The Morgan fingerprint density at radius 2 is 2.05 bits per heavy atom. The summed E-state index contributed by atoms with van der Waals surface area (Å²) >= 11 is 0. The molecule has 3 heteroatoms. The Hall–Kier alpha value is -0.930. The van der Waals surface area contributed by atoms with E-state index in [1.165, 1.54) is 11.1 Å². The predicted molar refractivity (Wildman–Crippen MR) is 80.3 cm³/mol. The molecule has 0 bridgehead atoms. The number of aryl methyl sites for hydroxylation is 1. The molecular formula is C16H28N2O. The van der Waals surface area contributed by atoms with Gasteiger partial charge in [0.05, 0.1) is 11.6 Å². The topological polar surface area (TPSA) is 34.2 Å². The van der Waals surface area contributed by atoms with Gasteiger partial charge in [0, 0.05) is 19.0 Å². The SMILES string of the molecule is CCCNC(c1cncc(C)c1)C(C)(CC)OCC. The van der Waals surface area contributed by atoms with E-state index in [9.17, 15) is 0 Å². The van der Waals surface area contributed by atoms with Crippen LogP contribution < -0.4 is 5.32 Å². The molecule has 2 unspecified atom stereocenters. The first-order valence-electron chi connectivity index (χ1n) is 7.36. The van der Waals surface area contributed by atoms with Crippen molar-refractivity contribution in [1.29, 1.82) is 0 Å². The molecule has 0 radical (unpaired) electrons. The monoisotopic (exact) mass is 264 g/mol. The summed E-state index contributed by atoms with van der Waals surface area (Å²) in [4.78, 5) is 4.33. The van der Waals surface area contributed by atoms with Gasteiger partial charge >= 0.3 is 0 Å². The van der Waals surface area contributed by atoms with Crippen molar-refractivity contribution < 1.29 is 4.74 Å². The van der Waals surface area contributed by atoms with E-state index in [-0.39, 0.29) is 11.6 Å². The van der Waals surface area contributed by atoms with Crippen LogP contribution in [0, 0.1) is 6.92 Å². The van der Waals surface area contributed by atoms with Gasteiger partial charge in [-0.3, -0.25) is 4.98 Å². The maximum atomic E-state index is 6.04. The molecule has 1 aromatic rings. The van der Waals surface area contributed by atoms with Gasteiger partial charge in [-0.25, -0.2) is 0 Å². The second-order valence-corrected chi connectivity index (χ2v) is 5.28. The van der Waals surface area contributed by atoms with E-state index in [1.54, 1.807) is 0 Å². The summed E-state index contributed by atoms with van der Waals surface area (Å²) in [7, 11) is 0. The molecule has 0 aliphatic carbocycles. The zero-order valence-electron chi connectivity index (χ0n) is 13.0. The molecule has 0 aliphatic heterocycles. The van der Waals surface area contributed by atoms with Crippen molar-refractivity contribution in [3.05, 3.63) is 29.6 Å². The third kappa shape index (κ3) is 4.29. The second-order valence-electron chi connectivity index (χ2n) is 5.28. The van der Waals surface area contributed by atoms with Gasteiger partial charge in [-0.2, -0.15) is 0 Å². The molecule has 0 aliphatic rings. The lowest BCUT2D eigenvalue weighted by atomic mass is 9.87. The van der Waals surface area contributed by atoms with Gasteiger partial charge in [0.1, 0.15) is 0 Å². The summed E-state index contributed by atoms with van der Waals surface area (Å²) in [6, 6.07) is 2.39. The van der Waals surface area contributed by atoms with Gasteiger partial charge in [0.2, 0.25) is 0 Å². The molecule has 108 valence electrons. The van der Waals surface area contributed by atoms with Crippen molar-refractivity contribution in [3.8, 4) is 0 Å². The van der Waals surface area contributed by atoms with E-state index in [4.69, 9.17) is 4.74 Å². The lowest BCUT2D eigenvalue weighted by Gasteiger charge is -2.37. The summed E-state index contributed by atoms with van der Waals surface area (Å²) in [5.41, 5.74) is 2.21. The number of pyridine rings is 1. The molecule has 1 rings (SSSR count). The average Bonchev–Trinajstić information content (AvgIpc) is 2.39. The van der Waals surface area contributed by atoms with E-state index in [0.29, 0.717) is 0 Å². The van der Waals surface area contributed by atoms with Gasteiger partial charge in [0.25, 0.3) is 0 Å². The summed E-state index contributed by atoms with van der Waals surface area (Å²) in [6.07, 6.45) is 5.93. The largest absolute Gasteiger partial charge is 0.374 e. The maximum absolute atomic E-state index is 6.04. The van der Waals surface area contributed by atoms with Crippen molar-refractivity contribution in [2.24, 2.45) is 0 Å². The van der Waals surface area contributed by atoms with Gasteiger partial charge in [-0.15, -0.1) is 0 Å². The smallest absolute Gasteiger partial charge is 0.0846 e. The second kappa shape index (κ2) is 7.61. The fourth-order valence-corrected chi connectivity index (χ4v) is 2.43. The molecule has 0 fully saturated rings. The number of rotatable bonds is 8. The van der Waals surface area contributed by atoms with Gasteiger partial charge in [-0.05, 0) is 51.3 Å². The number of aromatic nitrogens is 1. The Kier molecular flexibility index (Phi) is 6.46. The van der Waals surface area contributed by atoms with E-state index in [0.717, 1.165) is 26.0 Å². The third-order valence-electron chi connectivity index (χ3n) is 3.61. The molecule has 3 nitrogen and oxygen atoms in total. The number of ether oxygens (including phenoxy) is 1. The molecule has 0 amide bonds. The third-order valence-corrected chi connectivity index (χ3v) is 3.61. The Bertz CT molecular complexity index is 381. The van der Waals surface area contributed by atoms with Crippen molar-refractivity contribution in [2.75, 3.05) is 13.2 Å². The fourth-order valence-electron chi connectivity index (χ4n) is 2.43. The molecule has 0 aromatic carbocycles. The van der Waals surface area contributed by atoms with Crippen LogP contribution in [0.3, 0.4) is 0 Å². The van der Waals surface area contributed by atoms with Gasteiger partial charge < -0.3 is 10.1 Å². The quantitative estimate of drug-likeness (QED) is 0.778. The summed E-state index contributed by atoms with van der Waals surface area (Å²) in [5, 5.41) is 3.62. The first kappa shape index (κ1) is 16.1. The molecule has 0 saturated heterocycles. The van der Waals surface area contributed by atoms with E-state index < -0.39 is 0 Å². The standard InChI is InChI=1S/C16H28N2O/c1-6-9-18-15(16(5,7-2)19-8-3)14-10-13(4)11-17-12-14/h10-12,15,18H,6-9H2,1-5H3. The number of hydrogen-bond donors (Lipinski definition) is 1. The number of hydrogen-bond acceptors (Lipinski definition) is 3. The van der Waals surface area contributed by atoms with Crippen LogP contribution in [-0.2, 0) is 4.74 Å². The fraction of sp³-hybridized carbons (Fsp3) is 0.688. The van der Waals surface area contributed by atoms with Crippen molar-refractivity contribution >= 4 is 0 Å². The van der Waals surface area contributed by atoms with Gasteiger partial charge in [-0.1, -0.05) is 19.9 Å². The van der Waals surface area contributed by atoms with Crippen LogP contribution in [0.25, 0.3) is 0 Å². The van der Waals surface area contributed by atoms with Crippen LogP contribution in [0.2, 0.25) is 0 Å². The highest BCUT2D eigenvalue weighted by molar-refractivity contribution is 5.23. The van der Waals surface area contributed by atoms with E-state index in [2.05, 4.69) is 51.0 Å². The van der Waals surface area contributed by atoms with Crippen molar-refractivity contribution in [3.63, 3.8) is 0 Å². The highest BCUT2D eigenvalue weighted by Gasteiger charge is 2.34. The minimum absolute atomic E-state index is 0.185. The van der Waals surface area contributed by atoms with Crippen molar-refractivity contribution in [1.82, 2.24) is 10.3 Å². The molecule has 0 saturated carbocycles. The molecule has 1 aromatic heterocycles.